The van der Waals surface area contributed by atoms with E-state index in [1.807, 2.05) is 24.5 Å². The molecular weight excluding hydrogens is 322 g/mol. The van der Waals surface area contributed by atoms with E-state index in [4.69, 9.17) is 4.84 Å². The van der Waals surface area contributed by atoms with Crippen molar-refractivity contribution in [1.29, 1.82) is 0 Å². The van der Waals surface area contributed by atoms with Gasteiger partial charge < -0.3 is 9.40 Å². The Morgan fingerprint density at radius 2 is 1.52 bits per heavy atom. The number of hydrogen-bond acceptors (Lipinski definition) is 5. The lowest BCUT2D eigenvalue weighted by atomic mass is 10.1. The molecule has 0 saturated heterocycles. The standard InChI is InChI=1S/C18H11N3O4/c22-16-13-5-1-2-6-14(13)17(23)21(16)25-18(24)12-7-8-15(19-11-12)20-9-3-4-10-20/h1-11H. The molecule has 1 aromatic carbocycles. The van der Waals surface area contributed by atoms with Crippen molar-refractivity contribution in [3.63, 3.8) is 0 Å². The number of nitrogens with zero attached hydrogens (tertiary/aromatic N) is 3. The van der Waals surface area contributed by atoms with Gasteiger partial charge in [-0.25, -0.2) is 9.78 Å². The zero-order chi connectivity index (χ0) is 17.4. The molecule has 1 aliphatic rings. The van der Waals surface area contributed by atoms with Crippen molar-refractivity contribution >= 4 is 17.8 Å². The van der Waals surface area contributed by atoms with Crippen LogP contribution in [0.3, 0.4) is 0 Å². The fraction of sp³-hybridized carbons (Fsp3) is 0. The maximum absolute atomic E-state index is 12.2. The molecule has 0 saturated carbocycles. The Morgan fingerprint density at radius 1 is 0.880 bits per heavy atom. The third-order valence-electron chi connectivity index (χ3n) is 3.78. The number of pyridine rings is 1. The Kier molecular flexibility index (Phi) is 3.39. The van der Waals surface area contributed by atoms with Gasteiger partial charge in [0.15, 0.2) is 0 Å². The number of hydrogen-bond donors (Lipinski definition) is 0. The van der Waals surface area contributed by atoms with Crippen LogP contribution < -0.4 is 0 Å². The molecule has 0 bridgehead atoms. The van der Waals surface area contributed by atoms with Gasteiger partial charge in [0.2, 0.25) is 0 Å². The van der Waals surface area contributed by atoms with Crippen molar-refractivity contribution in [2.45, 2.75) is 0 Å². The highest BCUT2D eigenvalue weighted by Crippen LogP contribution is 2.23. The Balaban J connectivity index is 1.53. The number of amides is 2. The minimum Gasteiger partial charge on any atom is -0.324 e. The van der Waals surface area contributed by atoms with Crippen LogP contribution in [0.25, 0.3) is 5.82 Å². The van der Waals surface area contributed by atoms with Gasteiger partial charge in [-0.05, 0) is 36.4 Å². The van der Waals surface area contributed by atoms with E-state index in [2.05, 4.69) is 4.98 Å². The second kappa shape index (κ2) is 5.72. The third kappa shape index (κ3) is 2.47. The molecule has 0 radical (unpaired) electrons. The average molecular weight is 333 g/mol. The number of aromatic nitrogens is 2. The van der Waals surface area contributed by atoms with E-state index in [0.717, 1.165) is 0 Å². The Labute approximate surface area is 142 Å². The molecule has 0 atom stereocenters. The summed E-state index contributed by atoms with van der Waals surface area (Å²) in [4.78, 5) is 45.8. The predicted octanol–water partition coefficient (Wildman–Crippen LogP) is 2.24. The number of rotatable bonds is 3. The summed E-state index contributed by atoms with van der Waals surface area (Å²) in [5.41, 5.74) is 0.551. The molecule has 7 nitrogen and oxygen atoms in total. The molecule has 0 fully saturated rings. The summed E-state index contributed by atoms with van der Waals surface area (Å²) in [5, 5.41) is 0.479. The molecule has 3 heterocycles. The van der Waals surface area contributed by atoms with E-state index < -0.39 is 17.8 Å². The summed E-state index contributed by atoms with van der Waals surface area (Å²) < 4.78 is 1.78. The van der Waals surface area contributed by atoms with Crippen LogP contribution in [0.4, 0.5) is 0 Å². The first kappa shape index (κ1) is 14.8. The van der Waals surface area contributed by atoms with Gasteiger partial charge in [-0.2, -0.15) is 0 Å². The number of carbonyl (C=O) groups is 3. The minimum absolute atomic E-state index is 0.132. The van der Waals surface area contributed by atoms with Crippen molar-refractivity contribution in [2.24, 2.45) is 0 Å². The van der Waals surface area contributed by atoms with E-state index in [9.17, 15) is 14.4 Å². The van der Waals surface area contributed by atoms with Crippen LogP contribution in [-0.4, -0.2) is 32.4 Å². The van der Waals surface area contributed by atoms with Gasteiger partial charge in [-0.1, -0.05) is 17.2 Å². The highest BCUT2D eigenvalue weighted by atomic mass is 16.7. The quantitative estimate of drug-likeness (QED) is 0.687. The molecule has 0 unspecified atom stereocenters. The maximum atomic E-state index is 12.2. The number of imide groups is 1. The predicted molar refractivity (Wildman–Crippen MR) is 85.9 cm³/mol. The molecule has 1 aliphatic heterocycles. The first-order valence-corrected chi connectivity index (χ1v) is 7.44. The van der Waals surface area contributed by atoms with Gasteiger partial charge in [-0.15, -0.1) is 0 Å². The summed E-state index contributed by atoms with van der Waals surface area (Å²) in [6, 6.07) is 13.2. The summed E-state index contributed by atoms with van der Waals surface area (Å²) in [6.07, 6.45) is 4.97. The number of hydroxylamine groups is 2. The molecule has 25 heavy (non-hydrogen) atoms. The van der Waals surface area contributed by atoms with Crippen molar-refractivity contribution in [3.8, 4) is 5.82 Å². The second-order valence-corrected chi connectivity index (χ2v) is 5.32. The summed E-state index contributed by atoms with van der Waals surface area (Å²) in [5.74, 6) is -1.53. The average Bonchev–Trinajstić information content (AvgIpc) is 3.26. The van der Waals surface area contributed by atoms with Crippen LogP contribution in [0.1, 0.15) is 31.1 Å². The van der Waals surface area contributed by atoms with Crippen LogP contribution in [0.5, 0.6) is 0 Å². The lowest BCUT2D eigenvalue weighted by Gasteiger charge is -2.12. The van der Waals surface area contributed by atoms with E-state index >= 15 is 0 Å². The SMILES string of the molecule is O=C(ON1C(=O)c2ccccc2C1=O)c1ccc(-n2cccc2)nc1. The first-order chi connectivity index (χ1) is 12.1. The van der Waals surface area contributed by atoms with E-state index in [1.165, 1.54) is 24.4 Å². The zero-order valence-electron chi connectivity index (χ0n) is 12.8. The van der Waals surface area contributed by atoms with Crippen LogP contribution in [-0.2, 0) is 4.84 Å². The van der Waals surface area contributed by atoms with Gasteiger partial charge in [-0.3, -0.25) is 9.59 Å². The van der Waals surface area contributed by atoms with E-state index in [1.54, 1.807) is 22.8 Å². The number of fused-ring (bicyclic) bond motifs is 1. The molecule has 122 valence electrons. The number of carbonyl (C=O) groups excluding carboxylic acids is 3. The summed E-state index contributed by atoms with van der Waals surface area (Å²) in [6.45, 7) is 0. The van der Waals surface area contributed by atoms with Crippen LogP contribution in [0.15, 0.2) is 67.1 Å². The fourth-order valence-corrected chi connectivity index (χ4v) is 2.53. The van der Waals surface area contributed by atoms with E-state index in [-0.39, 0.29) is 16.7 Å². The topological polar surface area (TPSA) is 81.5 Å². The molecule has 0 spiro atoms. The van der Waals surface area contributed by atoms with Gasteiger partial charge >= 0.3 is 5.97 Å². The van der Waals surface area contributed by atoms with Gasteiger partial charge in [0.25, 0.3) is 11.8 Å². The first-order valence-electron chi connectivity index (χ1n) is 7.44. The Morgan fingerprint density at radius 3 is 2.08 bits per heavy atom. The molecule has 0 aliphatic carbocycles. The molecule has 2 amide bonds. The lowest BCUT2D eigenvalue weighted by Crippen LogP contribution is -2.32. The maximum Gasteiger partial charge on any atom is 0.365 e. The van der Waals surface area contributed by atoms with Gasteiger partial charge in [0.05, 0.1) is 16.7 Å². The zero-order valence-corrected chi connectivity index (χ0v) is 12.8. The second-order valence-electron chi connectivity index (χ2n) is 5.32. The van der Waals surface area contributed by atoms with Crippen molar-refractivity contribution in [2.75, 3.05) is 0 Å². The fourth-order valence-electron chi connectivity index (χ4n) is 2.53. The van der Waals surface area contributed by atoms with Crippen LogP contribution in [0, 0.1) is 0 Å². The largest absolute Gasteiger partial charge is 0.365 e. The summed E-state index contributed by atoms with van der Waals surface area (Å²) in [7, 11) is 0. The Bertz CT molecular complexity index is 943. The minimum atomic E-state index is -0.832. The van der Waals surface area contributed by atoms with Crippen molar-refractivity contribution in [1.82, 2.24) is 14.6 Å². The lowest BCUT2D eigenvalue weighted by molar-refractivity contribution is -0.0584. The number of benzene rings is 1. The van der Waals surface area contributed by atoms with Crippen LogP contribution in [0.2, 0.25) is 0 Å². The van der Waals surface area contributed by atoms with E-state index in [0.29, 0.717) is 10.9 Å². The smallest absolute Gasteiger partial charge is 0.324 e. The van der Waals surface area contributed by atoms with Crippen molar-refractivity contribution in [3.05, 3.63) is 83.8 Å². The normalized spacial score (nSPS) is 13.0. The molecule has 7 heteroatoms. The third-order valence-corrected chi connectivity index (χ3v) is 3.78. The highest BCUT2D eigenvalue weighted by molar-refractivity contribution is 6.21. The van der Waals surface area contributed by atoms with Crippen molar-refractivity contribution < 1.29 is 19.2 Å². The molecular formula is C18H11N3O4. The summed E-state index contributed by atoms with van der Waals surface area (Å²) >= 11 is 0. The highest BCUT2D eigenvalue weighted by Gasteiger charge is 2.38. The molecule has 0 N–H and O–H groups in total. The molecule has 3 aromatic rings. The van der Waals surface area contributed by atoms with Crippen LogP contribution >= 0.6 is 0 Å². The molecule has 4 rings (SSSR count). The Hall–Kier alpha value is -3.74. The monoisotopic (exact) mass is 333 g/mol. The van der Waals surface area contributed by atoms with Gasteiger partial charge in [0, 0.05) is 18.6 Å². The molecule has 2 aromatic heterocycles. The van der Waals surface area contributed by atoms with Gasteiger partial charge in [0.1, 0.15) is 5.82 Å².